The Balaban J connectivity index is 1.67. The van der Waals surface area contributed by atoms with Crippen molar-refractivity contribution in [3.05, 3.63) is 76.9 Å². The minimum Gasteiger partial charge on any atom is -0.394 e. The third-order valence-electron chi connectivity index (χ3n) is 4.59. The van der Waals surface area contributed by atoms with Crippen LogP contribution in [0.1, 0.15) is 22.1 Å². The summed E-state index contributed by atoms with van der Waals surface area (Å²) in [5.74, 6) is -0.0775. The first kappa shape index (κ1) is 16.8. The van der Waals surface area contributed by atoms with Crippen molar-refractivity contribution in [2.24, 2.45) is 0 Å². The lowest BCUT2D eigenvalue weighted by molar-refractivity contribution is 0.0592. The highest BCUT2D eigenvalue weighted by Crippen LogP contribution is 2.28. The van der Waals surface area contributed by atoms with E-state index in [-0.39, 0.29) is 18.6 Å². The van der Waals surface area contributed by atoms with Gasteiger partial charge in [-0.2, -0.15) is 5.10 Å². The molecule has 0 saturated carbocycles. The summed E-state index contributed by atoms with van der Waals surface area (Å²) in [5.41, 5.74) is 3.14. The molecule has 2 heterocycles. The fraction of sp³-hybridized carbons (Fsp3) is 0.200. The number of carbonyl (C=O) groups excluding carboxylic acids is 1. The number of aliphatic hydroxyl groups is 1. The van der Waals surface area contributed by atoms with Gasteiger partial charge in [-0.25, -0.2) is 0 Å². The van der Waals surface area contributed by atoms with Crippen LogP contribution in [0.25, 0.3) is 11.3 Å². The second-order valence-corrected chi connectivity index (χ2v) is 6.81. The van der Waals surface area contributed by atoms with Crippen LogP contribution in [-0.4, -0.2) is 38.8 Å². The summed E-state index contributed by atoms with van der Waals surface area (Å²) in [6.45, 7) is 0.865. The van der Waals surface area contributed by atoms with Crippen molar-refractivity contribution in [1.82, 2.24) is 14.7 Å². The van der Waals surface area contributed by atoms with Crippen LogP contribution in [0.2, 0.25) is 5.02 Å². The molecule has 1 aliphatic heterocycles. The first-order valence-electron chi connectivity index (χ1n) is 8.45. The molecule has 2 aromatic carbocycles. The number of halogens is 1. The molecule has 1 aliphatic rings. The topological polar surface area (TPSA) is 58.4 Å². The number of hydrogen-bond acceptors (Lipinski definition) is 3. The lowest BCUT2D eigenvalue weighted by atomic mass is 10.1. The zero-order valence-electron chi connectivity index (χ0n) is 14.0. The minimum atomic E-state index is -0.257. The number of aliphatic hydroxyl groups excluding tert-OH is 1. The number of amides is 1. The van der Waals surface area contributed by atoms with E-state index in [1.54, 1.807) is 27.8 Å². The van der Waals surface area contributed by atoms with Gasteiger partial charge < -0.3 is 10.0 Å². The molecule has 1 N–H and O–H groups in total. The SMILES string of the molecule is O=C1c2cc(-c3ccc(Cl)cc3)nn2C(CO)CN1Cc1ccccc1. The molecule has 1 unspecified atom stereocenters. The summed E-state index contributed by atoms with van der Waals surface area (Å²) in [7, 11) is 0. The van der Waals surface area contributed by atoms with Gasteiger partial charge in [0.05, 0.1) is 18.3 Å². The molecule has 1 atom stereocenters. The Morgan fingerprint density at radius 2 is 1.85 bits per heavy atom. The van der Waals surface area contributed by atoms with Crippen LogP contribution in [0.3, 0.4) is 0 Å². The van der Waals surface area contributed by atoms with E-state index in [0.29, 0.717) is 29.5 Å². The Morgan fingerprint density at radius 3 is 2.54 bits per heavy atom. The van der Waals surface area contributed by atoms with E-state index < -0.39 is 0 Å². The van der Waals surface area contributed by atoms with Crippen molar-refractivity contribution in [1.29, 1.82) is 0 Å². The highest BCUT2D eigenvalue weighted by molar-refractivity contribution is 6.30. The second kappa shape index (κ2) is 6.94. The number of nitrogens with zero attached hydrogens (tertiary/aromatic N) is 3. The second-order valence-electron chi connectivity index (χ2n) is 6.37. The summed E-state index contributed by atoms with van der Waals surface area (Å²) in [6, 6.07) is 18.7. The summed E-state index contributed by atoms with van der Waals surface area (Å²) in [5, 5.41) is 15.0. The standard InChI is InChI=1S/C20H18ClN3O2/c21-16-8-6-15(7-9-16)18-10-19-20(26)23(11-14-4-2-1-3-5-14)12-17(13-25)24(19)22-18/h1-10,17,25H,11-13H2. The van der Waals surface area contributed by atoms with Crippen LogP contribution in [-0.2, 0) is 6.54 Å². The molecule has 0 radical (unpaired) electrons. The molecule has 5 nitrogen and oxygen atoms in total. The molecule has 6 heteroatoms. The third kappa shape index (κ3) is 3.11. The minimum absolute atomic E-state index is 0.0761. The quantitative estimate of drug-likeness (QED) is 0.769. The van der Waals surface area contributed by atoms with Crippen molar-refractivity contribution in [2.75, 3.05) is 13.2 Å². The van der Waals surface area contributed by atoms with Crippen molar-refractivity contribution < 1.29 is 9.90 Å². The molecule has 0 bridgehead atoms. The van der Waals surface area contributed by atoms with Crippen LogP contribution >= 0.6 is 11.6 Å². The monoisotopic (exact) mass is 367 g/mol. The van der Waals surface area contributed by atoms with E-state index in [4.69, 9.17) is 11.6 Å². The predicted octanol–water partition coefficient (Wildman–Crippen LogP) is 3.39. The van der Waals surface area contributed by atoms with Gasteiger partial charge in [-0.05, 0) is 23.8 Å². The fourth-order valence-electron chi connectivity index (χ4n) is 3.25. The number of rotatable bonds is 4. The van der Waals surface area contributed by atoms with E-state index >= 15 is 0 Å². The van der Waals surface area contributed by atoms with Gasteiger partial charge >= 0.3 is 0 Å². The number of carbonyl (C=O) groups is 1. The Bertz CT molecular complexity index is 922. The predicted molar refractivity (Wildman–Crippen MR) is 100.0 cm³/mol. The van der Waals surface area contributed by atoms with E-state index in [2.05, 4.69) is 5.10 Å². The van der Waals surface area contributed by atoms with Crippen molar-refractivity contribution in [3.8, 4) is 11.3 Å². The number of benzene rings is 2. The van der Waals surface area contributed by atoms with Gasteiger partial charge in [0.1, 0.15) is 5.69 Å². The highest BCUT2D eigenvalue weighted by atomic mass is 35.5. The van der Waals surface area contributed by atoms with Gasteiger partial charge in [-0.1, -0.05) is 54.1 Å². The Hall–Kier alpha value is -2.63. The first-order chi connectivity index (χ1) is 12.7. The van der Waals surface area contributed by atoms with E-state index in [0.717, 1.165) is 11.1 Å². The fourth-order valence-corrected chi connectivity index (χ4v) is 3.37. The van der Waals surface area contributed by atoms with Crippen LogP contribution in [0.4, 0.5) is 0 Å². The molecule has 0 fully saturated rings. The van der Waals surface area contributed by atoms with E-state index in [1.165, 1.54) is 0 Å². The van der Waals surface area contributed by atoms with E-state index in [1.807, 2.05) is 42.5 Å². The molecule has 0 aliphatic carbocycles. The Morgan fingerprint density at radius 1 is 1.12 bits per heavy atom. The normalized spacial score (nSPS) is 16.6. The zero-order valence-corrected chi connectivity index (χ0v) is 14.8. The third-order valence-corrected chi connectivity index (χ3v) is 4.84. The summed E-state index contributed by atoms with van der Waals surface area (Å²) >= 11 is 5.95. The summed E-state index contributed by atoms with van der Waals surface area (Å²) in [4.78, 5) is 14.7. The molecule has 0 spiro atoms. The van der Waals surface area contributed by atoms with Gasteiger partial charge in [-0.15, -0.1) is 0 Å². The molecule has 132 valence electrons. The average molecular weight is 368 g/mol. The molecule has 3 aromatic rings. The molecular formula is C20H18ClN3O2. The summed E-state index contributed by atoms with van der Waals surface area (Å²) in [6.07, 6.45) is 0. The summed E-state index contributed by atoms with van der Waals surface area (Å²) < 4.78 is 1.65. The maximum Gasteiger partial charge on any atom is 0.272 e. The van der Waals surface area contributed by atoms with Gasteiger partial charge in [0, 0.05) is 23.7 Å². The Labute approximate surface area is 156 Å². The van der Waals surface area contributed by atoms with Gasteiger partial charge in [-0.3, -0.25) is 9.48 Å². The molecular weight excluding hydrogens is 350 g/mol. The number of aromatic nitrogens is 2. The van der Waals surface area contributed by atoms with Crippen LogP contribution in [0, 0.1) is 0 Å². The molecule has 1 amide bonds. The molecule has 26 heavy (non-hydrogen) atoms. The lowest BCUT2D eigenvalue weighted by Gasteiger charge is -2.32. The van der Waals surface area contributed by atoms with Crippen LogP contribution < -0.4 is 0 Å². The zero-order chi connectivity index (χ0) is 18.1. The average Bonchev–Trinajstić information content (AvgIpc) is 3.11. The number of hydrogen-bond donors (Lipinski definition) is 1. The van der Waals surface area contributed by atoms with Gasteiger partial charge in [0.2, 0.25) is 0 Å². The van der Waals surface area contributed by atoms with Crippen LogP contribution in [0.5, 0.6) is 0 Å². The van der Waals surface area contributed by atoms with Crippen molar-refractivity contribution in [3.63, 3.8) is 0 Å². The maximum absolute atomic E-state index is 12.9. The van der Waals surface area contributed by atoms with Crippen LogP contribution in [0.15, 0.2) is 60.7 Å². The van der Waals surface area contributed by atoms with Crippen molar-refractivity contribution >= 4 is 17.5 Å². The Kier molecular flexibility index (Phi) is 4.49. The first-order valence-corrected chi connectivity index (χ1v) is 8.83. The molecule has 1 aromatic heterocycles. The smallest absolute Gasteiger partial charge is 0.272 e. The molecule has 4 rings (SSSR count). The highest BCUT2D eigenvalue weighted by Gasteiger charge is 2.32. The van der Waals surface area contributed by atoms with Crippen molar-refractivity contribution in [2.45, 2.75) is 12.6 Å². The van der Waals surface area contributed by atoms with Gasteiger partial charge in [0.15, 0.2) is 0 Å². The largest absolute Gasteiger partial charge is 0.394 e. The molecule has 0 saturated heterocycles. The number of fused-ring (bicyclic) bond motifs is 1. The van der Waals surface area contributed by atoms with E-state index in [9.17, 15) is 9.90 Å². The lowest BCUT2D eigenvalue weighted by Crippen LogP contribution is -2.43. The van der Waals surface area contributed by atoms with Gasteiger partial charge in [0.25, 0.3) is 5.91 Å². The maximum atomic E-state index is 12.9.